The van der Waals surface area contributed by atoms with E-state index in [9.17, 15) is 8.42 Å². The number of nitrogens with zero attached hydrogens (tertiary/aromatic N) is 2. The maximum absolute atomic E-state index is 11.1. The Morgan fingerprint density at radius 1 is 1.36 bits per heavy atom. The molecule has 2 rings (SSSR count). The molecule has 1 aliphatic rings. The van der Waals surface area contributed by atoms with Crippen molar-refractivity contribution in [3.8, 4) is 12.8 Å². The van der Waals surface area contributed by atoms with Gasteiger partial charge in [-0.2, -0.15) is 8.42 Å². The van der Waals surface area contributed by atoms with Gasteiger partial charge in [0, 0.05) is 0 Å². The molecule has 0 spiro atoms. The summed E-state index contributed by atoms with van der Waals surface area (Å²) in [4.78, 5) is 4.03. The normalized spacial score (nSPS) is 16.5. The Morgan fingerprint density at radius 2 is 1.95 bits per heavy atom. The third kappa shape index (κ3) is 6.45. The van der Waals surface area contributed by atoms with Crippen LogP contribution in [0.5, 0.6) is 0 Å². The van der Waals surface area contributed by atoms with Gasteiger partial charge in [0.2, 0.25) is 5.84 Å². The Balaban J connectivity index is 0.000000789. The summed E-state index contributed by atoms with van der Waals surface area (Å²) < 4.78 is 37.9. The van der Waals surface area contributed by atoms with Gasteiger partial charge in [-0.1, -0.05) is 20.3 Å². The van der Waals surface area contributed by atoms with Crippen LogP contribution in [0.4, 0.5) is 0 Å². The number of terminal acetylenes is 1. The average Bonchev–Trinajstić information content (AvgIpc) is 3.02. The van der Waals surface area contributed by atoms with Crippen LogP contribution in [0.15, 0.2) is 25.9 Å². The predicted molar refractivity (Wildman–Crippen MR) is 86.9 cm³/mol. The van der Waals surface area contributed by atoms with Gasteiger partial charge in [0.25, 0.3) is 5.90 Å². The van der Waals surface area contributed by atoms with Crippen molar-refractivity contribution in [2.45, 2.75) is 33.7 Å². The van der Waals surface area contributed by atoms with Crippen LogP contribution in [0.1, 0.15) is 31.8 Å². The van der Waals surface area contributed by atoms with Gasteiger partial charge in [-0.05, 0) is 19.1 Å². The molecule has 0 aliphatic carbocycles. The molecule has 0 atom stereocenters. The minimum absolute atomic E-state index is 0.0479. The van der Waals surface area contributed by atoms with Gasteiger partial charge in [0.1, 0.15) is 11.5 Å². The Morgan fingerprint density at radius 3 is 2.41 bits per heavy atom. The van der Waals surface area contributed by atoms with Crippen molar-refractivity contribution < 1.29 is 17.6 Å². The summed E-state index contributed by atoms with van der Waals surface area (Å²) in [6, 6.07) is 3.58. The van der Waals surface area contributed by atoms with Gasteiger partial charge in [-0.3, -0.25) is 4.99 Å². The van der Waals surface area contributed by atoms with Crippen LogP contribution >= 0.6 is 0 Å². The molecule has 8 heteroatoms. The monoisotopic (exact) mass is 327 g/mol. The first kappa shape index (κ1) is 19.7. The minimum atomic E-state index is -3.70. The van der Waals surface area contributed by atoms with Crippen molar-refractivity contribution in [1.82, 2.24) is 4.72 Å². The molecular weight excluding hydrogens is 306 g/mol. The molecule has 0 aromatic carbocycles. The highest BCUT2D eigenvalue weighted by Crippen LogP contribution is 2.09. The number of amidine groups is 1. The molecule has 0 radical (unpaired) electrons. The summed E-state index contributed by atoms with van der Waals surface area (Å²) in [5, 5.41) is 0. The zero-order valence-corrected chi connectivity index (χ0v) is 14.0. The highest BCUT2D eigenvalue weighted by atomic mass is 32.2. The third-order valence-corrected chi connectivity index (χ3v) is 2.87. The number of aryl methyl sites for hydroxylation is 1. The quantitative estimate of drug-likeness (QED) is 0.841. The standard InChI is InChI=1S/C9H11N3O4S.C3H8.C2H2/c1-6-3-4-7(16-6)5-10-8-9(15-2)12-17(13,14)11-8;1-3-2;1-2/h3-4H,5H2,1-2H3,(H,10,11);3H2,1-2H3;1-2H. The smallest absolute Gasteiger partial charge is 0.347 e. The summed E-state index contributed by atoms with van der Waals surface area (Å²) in [6.07, 6.45) is 9.25. The van der Waals surface area contributed by atoms with E-state index in [4.69, 9.17) is 9.15 Å². The summed E-state index contributed by atoms with van der Waals surface area (Å²) in [5.74, 6) is 1.44. The van der Waals surface area contributed by atoms with Crippen molar-refractivity contribution in [1.29, 1.82) is 0 Å². The van der Waals surface area contributed by atoms with Crippen LogP contribution in [-0.2, 0) is 21.5 Å². The maximum Gasteiger partial charge on any atom is 0.347 e. The number of aliphatic imine (C=N–C) groups is 1. The molecule has 0 fully saturated rings. The fourth-order valence-corrected chi connectivity index (χ4v) is 2.12. The molecule has 22 heavy (non-hydrogen) atoms. The van der Waals surface area contributed by atoms with E-state index < -0.39 is 10.2 Å². The van der Waals surface area contributed by atoms with E-state index in [0.717, 1.165) is 5.76 Å². The van der Waals surface area contributed by atoms with Gasteiger partial charge < -0.3 is 9.15 Å². The van der Waals surface area contributed by atoms with Gasteiger partial charge in [-0.25, -0.2) is 4.72 Å². The van der Waals surface area contributed by atoms with Crippen LogP contribution in [0.3, 0.4) is 0 Å². The summed E-state index contributed by atoms with van der Waals surface area (Å²) in [5.41, 5.74) is 0. The Labute approximate surface area is 131 Å². The fraction of sp³-hybridized carbons (Fsp3) is 0.429. The van der Waals surface area contributed by atoms with E-state index >= 15 is 0 Å². The van der Waals surface area contributed by atoms with Crippen molar-refractivity contribution in [3.63, 3.8) is 0 Å². The molecule has 0 unspecified atom stereocenters. The predicted octanol–water partition coefficient (Wildman–Crippen LogP) is 2.05. The molecule has 7 nitrogen and oxygen atoms in total. The third-order valence-electron chi connectivity index (χ3n) is 2.01. The van der Waals surface area contributed by atoms with E-state index in [1.807, 2.05) is 6.92 Å². The van der Waals surface area contributed by atoms with Crippen molar-refractivity contribution in [2.24, 2.45) is 9.39 Å². The van der Waals surface area contributed by atoms with Crippen molar-refractivity contribution in [3.05, 3.63) is 23.7 Å². The first-order valence-corrected chi connectivity index (χ1v) is 7.96. The van der Waals surface area contributed by atoms with E-state index in [1.54, 1.807) is 12.1 Å². The van der Waals surface area contributed by atoms with Gasteiger partial charge in [0.15, 0.2) is 0 Å². The van der Waals surface area contributed by atoms with Crippen LogP contribution < -0.4 is 4.72 Å². The molecule has 122 valence electrons. The largest absolute Gasteiger partial charge is 0.478 e. The first-order valence-electron chi connectivity index (χ1n) is 6.52. The van der Waals surface area contributed by atoms with Gasteiger partial charge >= 0.3 is 10.2 Å². The second-order valence-electron chi connectivity index (χ2n) is 4.06. The van der Waals surface area contributed by atoms with Crippen LogP contribution in [0, 0.1) is 19.8 Å². The SMILES string of the molecule is C#C.CCC.COC1=NS(=O)(=O)NC1=NCc1ccc(C)o1. The molecule has 0 saturated carbocycles. The molecular formula is C14H21N3O4S. The molecule has 0 amide bonds. The lowest BCUT2D eigenvalue weighted by atomic mass is 10.4. The first-order chi connectivity index (χ1) is 10.4. The molecule has 1 aliphatic heterocycles. The van der Waals surface area contributed by atoms with E-state index in [1.165, 1.54) is 13.5 Å². The second kappa shape index (κ2) is 9.63. The number of ether oxygens (including phenoxy) is 1. The fourth-order valence-electron chi connectivity index (χ4n) is 1.30. The summed E-state index contributed by atoms with van der Waals surface area (Å²) in [7, 11) is -2.38. The van der Waals surface area contributed by atoms with E-state index in [-0.39, 0.29) is 18.3 Å². The zero-order chi connectivity index (χ0) is 17.2. The highest BCUT2D eigenvalue weighted by molar-refractivity contribution is 7.89. The zero-order valence-electron chi connectivity index (χ0n) is 13.2. The molecule has 1 aromatic rings. The summed E-state index contributed by atoms with van der Waals surface area (Å²) in [6.45, 7) is 6.28. The lowest BCUT2D eigenvalue weighted by Crippen LogP contribution is -2.27. The maximum atomic E-state index is 11.1. The Bertz CT molecular complexity index is 642. The highest BCUT2D eigenvalue weighted by Gasteiger charge is 2.26. The lowest BCUT2D eigenvalue weighted by Gasteiger charge is -1.98. The molecule has 0 saturated heterocycles. The Hall–Kier alpha value is -2.27. The number of hydrogen-bond donors (Lipinski definition) is 1. The van der Waals surface area contributed by atoms with Crippen molar-refractivity contribution >= 4 is 21.9 Å². The number of furan rings is 1. The van der Waals surface area contributed by atoms with Crippen LogP contribution in [0.2, 0.25) is 0 Å². The van der Waals surface area contributed by atoms with Crippen LogP contribution in [0.25, 0.3) is 0 Å². The number of rotatable bonds is 2. The van der Waals surface area contributed by atoms with E-state index in [0.29, 0.717) is 5.76 Å². The minimum Gasteiger partial charge on any atom is -0.478 e. The lowest BCUT2D eigenvalue weighted by molar-refractivity contribution is 0.412. The Kier molecular flexibility index (Phi) is 8.63. The van der Waals surface area contributed by atoms with Gasteiger partial charge in [0.05, 0.1) is 13.7 Å². The summed E-state index contributed by atoms with van der Waals surface area (Å²) >= 11 is 0. The molecule has 0 bridgehead atoms. The van der Waals surface area contributed by atoms with Gasteiger partial charge in [-0.15, -0.1) is 17.2 Å². The molecule has 2 heterocycles. The van der Waals surface area contributed by atoms with E-state index in [2.05, 4.69) is 40.8 Å². The average molecular weight is 327 g/mol. The second-order valence-corrected chi connectivity index (χ2v) is 5.40. The molecule has 1 aromatic heterocycles. The van der Waals surface area contributed by atoms with Crippen molar-refractivity contribution in [2.75, 3.05) is 7.11 Å². The molecule has 1 N–H and O–H groups in total. The number of nitrogens with one attached hydrogen (secondary N) is 1. The van der Waals surface area contributed by atoms with Crippen LogP contribution in [-0.4, -0.2) is 27.3 Å². The number of hydrogen-bond acceptors (Lipinski definition) is 5. The number of methoxy groups -OCH3 is 1. The topological polar surface area (TPSA) is 93.3 Å².